The standard InChI is InChI=1S/C16H25N3O3/c1-5-17-16(21)12(3)18-11(2)10-15(20)19-13-6-8-14(22-4)9-7-13/h6-9,11-12,18H,5,10H2,1-4H3,(H,17,21)(H,19,20)/t11-,12-/m0/s1. The van der Waals surface area contributed by atoms with Crippen LogP contribution >= 0.6 is 0 Å². The summed E-state index contributed by atoms with van der Waals surface area (Å²) in [7, 11) is 1.59. The molecule has 0 radical (unpaired) electrons. The van der Waals surface area contributed by atoms with Gasteiger partial charge in [-0.3, -0.25) is 9.59 Å². The number of amides is 2. The SMILES string of the molecule is CCNC(=O)[C@H](C)N[C@@H](C)CC(=O)Nc1ccc(OC)cc1. The van der Waals surface area contributed by atoms with Crippen LogP contribution in [0, 0.1) is 0 Å². The van der Waals surface area contributed by atoms with Crippen molar-refractivity contribution in [2.75, 3.05) is 19.0 Å². The van der Waals surface area contributed by atoms with Gasteiger partial charge < -0.3 is 20.7 Å². The topological polar surface area (TPSA) is 79.5 Å². The van der Waals surface area contributed by atoms with Crippen molar-refractivity contribution in [1.29, 1.82) is 0 Å². The highest BCUT2D eigenvalue weighted by Crippen LogP contribution is 2.15. The fraction of sp³-hybridized carbons (Fsp3) is 0.500. The average molecular weight is 307 g/mol. The molecule has 6 heteroatoms. The number of hydrogen-bond donors (Lipinski definition) is 3. The van der Waals surface area contributed by atoms with Crippen molar-refractivity contribution in [3.05, 3.63) is 24.3 Å². The maximum absolute atomic E-state index is 12.0. The van der Waals surface area contributed by atoms with Crippen LogP contribution in [0.2, 0.25) is 0 Å². The molecule has 0 aliphatic rings. The van der Waals surface area contributed by atoms with Gasteiger partial charge in [-0.05, 0) is 45.0 Å². The summed E-state index contributed by atoms with van der Waals surface area (Å²) < 4.78 is 5.06. The van der Waals surface area contributed by atoms with Gasteiger partial charge in [0.05, 0.1) is 13.2 Å². The third-order valence-electron chi connectivity index (χ3n) is 3.14. The molecule has 22 heavy (non-hydrogen) atoms. The molecule has 0 spiro atoms. The van der Waals surface area contributed by atoms with Gasteiger partial charge in [-0.15, -0.1) is 0 Å². The number of carbonyl (C=O) groups excluding carboxylic acids is 2. The number of hydrogen-bond acceptors (Lipinski definition) is 4. The Morgan fingerprint density at radius 2 is 1.82 bits per heavy atom. The Kier molecular flexibility index (Phi) is 7.39. The molecule has 2 atom stereocenters. The normalized spacial score (nSPS) is 13.1. The second-order valence-corrected chi connectivity index (χ2v) is 5.16. The van der Waals surface area contributed by atoms with E-state index in [0.717, 1.165) is 11.4 Å². The Balaban J connectivity index is 2.41. The zero-order valence-corrected chi connectivity index (χ0v) is 13.6. The maximum Gasteiger partial charge on any atom is 0.236 e. The number of rotatable bonds is 8. The van der Waals surface area contributed by atoms with Crippen molar-refractivity contribution in [3.8, 4) is 5.75 Å². The fourth-order valence-corrected chi connectivity index (χ4v) is 2.05. The van der Waals surface area contributed by atoms with Gasteiger partial charge in [0, 0.05) is 24.7 Å². The van der Waals surface area contributed by atoms with Gasteiger partial charge in [0.2, 0.25) is 11.8 Å². The largest absolute Gasteiger partial charge is 0.497 e. The number of benzene rings is 1. The summed E-state index contributed by atoms with van der Waals surface area (Å²) in [6.07, 6.45) is 0.287. The van der Waals surface area contributed by atoms with Crippen LogP contribution in [-0.4, -0.2) is 37.6 Å². The van der Waals surface area contributed by atoms with Gasteiger partial charge in [0.1, 0.15) is 5.75 Å². The van der Waals surface area contributed by atoms with E-state index in [0.29, 0.717) is 6.54 Å². The fourth-order valence-electron chi connectivity index (χ4n) is 2.05. The zero-order valence-electron chi connectivity index (χ0n) is 13.6. The molecule has 3 N–H and O–H groups in total. The first kappa shape index (κ1) is 18.0. The molecular weight excluding hydrogens is 282 g/mol. The monoisotopic (exact) mass is 307 g/mol. The lowest BCUT2D eigenvalue weighted by molar-refractivity contribution is -0.123. The predicted molar refractivity (Wildman–Crippen MR) is 87.0 cm³/mol. The van der Waals surface area contributed by atoms with Gasteiger partial charge in [-0.1, -0.05) is 0 Å². The van der Waals surface area contributed by atoms with E-state index in [-0.39, 0.29) is 30.3 Å². The molecule has 0 heterocycles. The Morgan fingerprint density at radius 3 is 2.36 bits per heavy atom. The second-order valence-electron chi connectivity index (χ2n) is 5.16. The summed E-state index contributed by atoms with van der Waals surface area (Å²) in [6.45, 7) is 6.12. The van der Waals surface area contributed by atoms with Crippen molar-refractivity contribution in [1.82, 2.24) is 10.6 Å². The lowest BCUT2D eigenvalue weighted by Crippen LogP contribution is -2.46. The van der Waals surface area contributed by atoms with Crippen molar-refractivity contribution < 1.29 is 14.3 Å². The third-order valence-corrected chi connectivity index (χ3v) is 3.14. The van der Waals surface area contributed by atoms with E-state index >= 15 is 0 Å². The van der Waals surface area contributed by atoms with Gasteiger partial charge in [-0.25, -0.2) is 0 Å². The van der Waals surface area contributed by atoms with Crippen molar-refractivity contribution >= 4 is 17.5 Å². The van der Waals surface area contributed by atoms with Crippen LogP contribution in [-0.2, 0) is 9.59 Å². The van der Waals surface area contributed by atoms with Crippen molar-refractivity contribution in [2.24, 2.45) is 0 Å². The number of anilines is 1. The molecule has 0 saturated carbocycles. The van der Waals surface area contributed by atoms with Gasteiger partial charge in [0.25, 0.3) is 0 Å². The van der Waals surface area contributed by atoms with Crippen LogP contribution in [0.15, 0.2) is 24.3 Å². The molecule has 2 amide bonds. The quantitative estimate of drug-likeness (QED) is 0.680. The van der Waals surface area contributed by atoms with Crippen LogP contribution in [0.1, 0.15) is 27.2 Å². The molecule has 0 aliphatic carbocycles. The molecule has 1 aromatic carbocycles. The first-order chi connectivity index (χ1) is 10.5. The van der Waals surface area contributed by atoms with E-state index in [9.17, 15) is 9.59 Å². The number of nitrogens with one attached hydrogen (secondary N) is 3. The molecule has 0 fully saturated rings. The summed E-state index contributed by atoms with van der Waals surface area (Å²) in [4.78, 5) is 23.6. The van der Waals surface area contributed by atoms with E-state index in [1.165, 1.54) is 0 Å². The van der Waals surface area contributed by atoms with Gasteiger partial charge in [-0.2, -0.15) is 0 Å². The highest BCUT2D eigenvalue weighted by atomic mass is 16.5. The van der Waals surface area contributed by atoms with Crippen LogP contribution in [0.5, 0.6) is 5.75 Å². The molecule has 1 aromatic rings. The highest BCUT2D eigenvalue weighted by Gasteiger charge is 2.16. The van der Waals surface area contributed by atoms with Crippen LogP contribution in [0.3, 0.4) is 0 Å². The van der Waals surface area contributed by atoms with E-state index in [1.54, 1.807) is 38.3 Å². The van der Waals surface area contributed by atoms with E-state index in [1.807, 2.05) is 13.8 Å². The molecule has 0 saturated heterocycles. The zero-order chi connectivity index (χ0) is 16.5. The number of carbonyl (C=O) groups is 2. The van der Waals surface area contributed by atoms with Crippen molar-refractivity contribution in [2.45, 2.75) is 39.3 Å². The highest BCUT2D eigenvalue weighted by molar-refractivity contribution is 5.91. The Bertz CT molecular complexity index is 488. The number of methoxy groups -OCH3 is 1. The molecular formula is C16H25N3O3. The molecule has 0 aliphatic heterocycles. The minimum absolute atomic E-state index is 0.0649. The summed E-state index contributed by atoms with van der Waals surface area (Å²) in [6, 6.07) is 6.71. The summed E-state index contributed by atoms with van der Waals surface area (Å²) in [5, 5.41) is 8.66. The Morgan fingerprint density at radius 1 is 1.18 bits per heavy atom. The summed E-state index contributed by atoms with van der Waals surface area (Å²) >= 11 is 0. The Hall–Kier alpha value is -2.08. The molecule has 6 nitrogen and oxygen atoms in total. The van der Waals surface area contributed by atoms with Crippen molar-refractivity contribution in [3.63, 3.8) is 0 Å². The molecule has 0 aromatic heterocycles. The second kappa shape index (κ2) is 9.04. The number of likely N-dealkylation sites (N-methyl/N-ethyl adjacent to an activating group) is 1. The molecule has 122 valence electrons. The number of ether oxygens (including phenoxy) is 1. The van der Waals surface area contributed by atoms with Gasteiger partial charge in [0.15, 0.2) is 0 Å². The minimum Gasteiger partial charge on any atom is -0.497 e. The van der Waals surface area contributed by atoms with Gasteiger partial charge >= 0.3 is 0 Å². The Labute approximate surface area is 131 Å². The van der Waals surface area contributed by atoms with E-state index < -0.39 is 0 Å². The summed E-state index contributed by atoms with van der Waals surface area (Å²) in [5.41, 5.74) is 0.717. The third kappa shape index (κ3) is 6.13. The maximum atomic E-state index is 12.0. The first-order valence-corrected chi connectivity index (χ1v) is 7.44. The molecule has 0 bridgehead atoms. The predicted octanol–water partition coefficient (Wildman–Crippen LogP) is 1.53. The lowest BCUT2D eigenvalue weighted by Gasteiger charge is -2.19. The van der Waals surface area contributed by atoms with E-state index in [4.69, 9.17) is 4.74 Å². The smallest absolute Gasteiger partial charge is 0.236 e. The van der Waals surface area contributed by atoms with Crippen LogP contribution < -0.4 is 20.7 Å². The molecule has 0 unspecified atom stereocenters. The van der Waals surface area contributed by atoms with Crippen LogP contribution in [0.25, 0.3) is 0 Å². The first-order valence-electron chi connectivity index (χ1n) is 7.44. The lowest BCUT2D eigenvalue weighted by atomic mass is 10.2. The summed E-state index contributed by atoms with van der Waals surface area (Å²) in [5.74, 6) is 0.571. The average Bonchev–Trinajstić information content (AvgIpc) is 2.47. The van der Waals surface area contributed by atoms with Crippen LogP contribution in [0.4, 0.5) is 5.69 Å². The minimum atomic E-state index is -0.330. The van der Waals surface area contributed by atoms with E-state index in [2.05, 4.69) is 16.0 Å². The molecule has 1 rings (SSSR count).